The van der Waals surface area contributed by atoms with Crippen LogP contribution in [0.5, 0.6) is 0 Å². The highest BCUT2D eigenvalue weighted by Gasteiger charge is 2.63. The predicted molar refractivity (Wildman–Crippen MR) is 101 cm³/mol. The van der Waals surface area contributed by atoms with Crippen LogP contribution in [0.3, 0.4) is 0 Å². The number of hydrogen-bond donors (Lipinski definition) is 0. The molecule has 0 N–H and O–H groups in total. The molecule has 0 atom stereocenters. The van der Waals surface area contributed by atoms with Crippen LogP contribution in [0.25, 0.3) is 0 Å². The summed E-state index contributed by atoms with van der Waals surface area (Å²) in [5.74, 6) is 2.47. The summed E-state index contributed by atoms with van der Waals surface area (Å²) in [7, 11) is 0. The number of carbonyl (C=O) groups excluding carboxylic acids is 1. The maximum absolute atomic E-state index is 13.9. The first-order valence-electron chi connectivity index (χ1n) is 8.97. The number of carbonyl (C=O) groups is 1. The lowest BCUT2D eigenvalue weighted by molar-refractivity contribution is -0.0831. The van der Waals surface area contributed by atoms with Crippen molar-refractivity contribution in [3.05, 3.63) is 45.4 Å². The van der Waals surface area contributed by atoms with Gasteiger partial charge >= 0.3 is 0 Å². The number of halogens is 2. The van der Waals surface area contributed by atoms with Crippen LogP contribution in [-0.4, -0.2) is 20.5 Å². The maximum Gasteiger partial charge on any atom is 0.218 e. The summed E-state index contributed by atoms with van der Waals surface area (Å²) in [5, 5.41) is 4.63. The van der Waals surface area contributed by atoms with E-state index in [1.807, 2.05) is 35.0 Å². The fourth-order valence-electron chi connectivity index (χ4n) is 6.04. The van der Waals surface area contributed by atoms with E-state index in [2.05, 4.69) is 41.9 Å². The Labute approximate surface area is 163 Å². The lowest BCUT2D eigenvalue weighted by Gasteiger charge is -2.60. The van der Waals surface area contributed by atoms with E-state index in [1.165, 1.54) is 6.42 Å². The molecule has 1 heterocycles. The zero-order chi connectivity index (χ0) is 17.2. The molecule has 0 aliphatic heterocycles. The first-order valence-corrected chi connectivity index (χ1v) is 10.6. The Hall–Kier alpha value is -1.01. The van der Waals surface area contributed by atoms with E-state index < -0.39 is 5.54 Å². The summed E-state index contributed by atoms with van der Waals surface area (Å²) < 4.78 is 3.09. The quantitative estimate of drug-likeness (QED) is 0.610. The van der Waals surface area contributed by atoms with Crippen LogP contribution >= 0.6 is 31.9 Å². The molecule has 1 aromatic heterocycles. The standard InChI is InChI=1S/C19H19Br2N3O/c20-17-22-18(21)24(23-17)19(16(25)13-4-2-1-3-5-13)14-7-11-6-12(9-14)10-15(19)8-11/h1-5,11-12,14-15H,6-10H2. The SMILES string of the molecule is O=C(c1ccccc1)C1(n2nc(Br)nc2Br)C2CC3CC(C2)CC1C3. The van der Waals surface area contributed by atoms with Crippen molar-refractivity contribution in [3.63, 3.8) is 0 Å². The normalized spacial score (nSPS) is 35.9. The Morgan fingerprint density at radius 1 is 1.00 bits per heavy atom. The molecule has 4 bridgehead atoms. The van der Waals surface area contributed by atoms with Crippen molar-refractivity contribution in [3.8, 4) is 0 Å². The summed E-state index contributed by atoms with van der Waals surface area (Å²) in [6, 6.07) is 9.74. The fraction of sp³-hybridized carbons (Fsp3) is 0.526. The van der Waals surface area contributed by atoms with E-state index in [-0.39, 0.29) is 5.78 Å². The maximum atomic E-state index is 13.9. The third-order valence-corrected chi connectivity index (χ3v) is 7.52. The van der Waals surface area contributed by atoms with Crippen molar-refractivity contribution in [1.82, 2.24) is 14.8 Å². The Morgan fingerprint density at radius 3 is 2.12 bits per heavy atom. The van der Waals surface area contributed by atoms with Gasteiger partial charge in [-0.15, -0.1) is 5.10 Å². The molecule has 0 amide bonds. The van der Waals surface area contributed by atoms with Crippen LogP contribution in [0, 0.1) is 23.7 Å². The summed E-state index contributed by atoms with van der Waals surface area (Å²) >= 11 is 6.97. The molecule has 0 radical (unpaired) electrons. The minimum Gasteiger partial charge on any atom is -0.291 e. The molecule has 2 aromatic rings. The van der Waals surface area contributed by atoms with Crippen LogP contribution < -0.4 is 0 Å². The highest BCUT2D eigenvalue weighted by atomic mass is 79.9. The van der Waals surface area contributed by atoms with Gasteiger partial charge in [0.1, 0.15) is 5.54 Å². The molecule has 130 valence electrons. The van der Waals surface area contributed by atoms with Gasteiger partial charge in [0, 0.05) is 5.56 Å². The van der Waals surface area contributed by atoms with E-state index in [4.69, 9.17) is 0 Å². The Balaban J connectivity index is 1.72. The monoisotopic (exact) mass is 463 g/mol. The van der Waals surface area contributed by atoms with Crippen LogP contribution in [-0.2, 0) is 5.54 Å². The van der Waals surface area contributed by atoms with E-state index in [1.54, 1.807) is 0 Å². The average molecular weight is 465 g/mol. The van der Waals surface area contributed by atoms with Crippen LogP contribution in [0.1, 0.15) is 42.5 Å². The molecule has 4 aliphatic rings. The lowest BCUT2D eigenvalue weighted by Crippen LogP contribution is -2.63. The first kappa shape index (κ1) is 16.2. The third-order valence-electron chi connectivity index (χ3n) is 6.67. The second-order valence-corrected chi connectivity index (χ2v) is 9.31. The van der Waals surface area contributed by atoms with Crippen molar-refractivity contribution in [2.45, 2.75) is 37.6 Å². The molecule has 1 aromatic carbocycles. The van der Waals surface area contributed by atoms with Crippen molar-refractivity contribution in [2.75, 3.05) is 0 Å². The highest BCUT2D eigenvalue weighted by Crippen LogP contribution is 2.62. The van der Waals surface area contributed by atoms with Crippen molar-refractivity contribution in [1.29, 1.82) is 0 Å². The van der Waals surface area contributed by atoms with Gasteiger partial charge in [-0.1, -0.05) is 30.3 Å². The van der Waals surface area contributed by atoms with Gasteiger partial charge in [-0.05, 0) is 87.6 Å². The number of nitrogens with zero attached hydrogens (tertiary/aromatic N) is 3. The van der Waals surface area contributed by atoms with Crippen LogP contribution in [0.4, 0.5) is 0 Å². The molecule has 6 heteroatoms. The molecular formula is C19H19Br2N3O. The molecule has 6 rings (SSSR count). The highest BCUT2D eigenvalue weighted by molar-refractivity contribution is 9.11. The van der Waals surface area contributed by atoms with E-state index in [9.17, 15) is 4.79 Å². The molecule has 4 saturated carbocycles. The van der Waals surface area contributed by atoms with Crippen LogP contribution in [0.2, 0.25) is 0 Å². The van der Waals surface area contributed by atoms with Gasteiger partial charge in [-0.25, -0.2) is 4.68 Å². The molecule has 0 unspecified atom stereocenters. The van der Waals surface area contributed by atoms with E-state index in [0.717, 1.165) is 43.1 Å². The zero-order valence-corrected chi connectivity index (χ0v) is 16.9. The fourth-order valence-corrected chi connectivity index (χ4v) is 7.15. The minimum atomic E-state index is -0.605. The Bertz CT molecular complexity index is 804. The van der Waals surface area contributed by atoms with Gasteiger partial charge in [0.25, 0.3) is 0 Å². The second-order valence-electron chi connectivity index (χ2n) is 7.89. The molecule has 0 spiro atoms. The number of rotatable bonds is 3. The molecule has 25 heavy (non-hydrogen) atoms. The van der Waals surface area contributed by atoms with Crippen molar-refractivity contribution >= 4 is 37.6 Å². The van der Waals surface area contributed by atoms with Gasteiger partial charge in [0.05, 0.1) is 0 Å². The largest absolute Gasteiger partial charge is 0.291 e. The zero-order valence-electron chi connectivity index (χ0n) is 13.7. The summed E-state index contributed by atoms with van der Waals surface area (Å²) in [5.41, 5.74) is 0.181. The van der Waals surface area contributed by atoms with Gasteiger partial charge < -0.3 is 0 Å². The van der Waals surface area contributed by atoms with Crippen LogP contribution in [0.15, 0.2) is 39.8 Å². The predicted octanol–water partition coefficient (Wildman–Crippen LogP) is 4.84. The minimum absolute atomic E-state index is 0.208. The number of ketones is 1. The number of benzene rings is 1. The number of Topliss-reactive ketones (excluding diaryl/α,β-unsaturated/α-hetero) is 1. The van der Waals surface area contributed by atoms with Gasteiger partial charge in [0.15, 0.2) is 10.5 Å². The smallest absolute Gasteiger partial charge is 0.218 e. The van der Waals surface area contributed by atoms with Gasteiger partial charge in [0.2, 0.25) is 4.73 Å². The van der Waals surface area contributed by atoms with Crippen molar-refractivity contribution in [2.24, 2.45) is 23.7 Å². The summed E-state index contributed by atoms with van der Waals surface area (Å²) in [4.78, 5) is 18.3. The summed E-state index contributed by atoms with van der Waals surface area (Å²) in [6.07, 6.45) is 5.89. The molecular weight excluding hydrogens is 446 g/mol. The Kier molecular flexibility index (Phi) is 3.72. The lowest BCUT2D eigenvalue weighted by atomic mass is 9.47. The topological polar surface area (TPSA) is 47.8 Å². The van der Waals surface area contributed by atoms with Crippen molar-refractivity contribution < 1.29 is 4.79 Å². The number of aromatic nitrogens is 3. The average Bonchev–Trinajstić information content (AvgIpc) is 2.94. The van der Waals surface area contributed by atoms with Gasteiger partial charge in [-0.3, -0.25) is 4.79 Å². The Morgan fingerprint density at radius 2 is 1.60 bits per heavy atom. The first-order chi connectivity index (χ1) is 12.1. The molecule has 4 nitrogen and oxygen atoms in total. The van der Waals surface area contributed by atoms with E-state index >= 15 is 0 Å². The molecule has 0 saturated heterocycles. The van der Waals surface area contributed by atoms with Gasteiger partial charge in [-0.2, -0.15) is 4.98 Å². The molecule has 4 fully saturated rings. The second kappa shape index (κ2) is 5.74. The molecule has 4 aliphatic carbocycles. The summed E-state index contributed by atoms with van der Waals surface area (Å²) in [6.45, 7) is 0. The number of hydrogen-bond acceptors (Lipinski definition) is 3. The van der Waals surface area contributed by atoms with E-state index in [0.29, 0.717) is 21.3 Å². The third kappa shape index (κ3) is 2.26.